The number of hydrogen-bond acceptors (Lipinski definition) is 5. The van der Waals surface area contributed by atoms with E-state index >= 15 is 0 Å². The summed E-state index contributed by atoms with van der Waals surface area (Å²) in [6.45, 7) is 0. The molecule has 264 valence electrons. The van der Waals surface area contributed by atoms with Crippen molar-refractivity contribution < 1.29 is 4.42 Å². The van der Waals surface area contributed by atoms with E-state index in [1.165, 1.54) is 30.9 Å². The number of para-hydroxylation sites is 2. The van der Waals surface area contributed by atoms with Gasteiger partial charge in [0.25, 0.3) is 0 Å². The highest BCUT2D eigenvalue weighted by molar-refractivity contribution is 7.26. The standard InChI is InChI=1S/C51H33N3OS/c1-4-16-35(17-5-1)51-52-48-46(55-51)33-37-32-41(53(38-19-6-2-7-20-38)40-28-27-34-15-10-11-18-36(34)31-40)29-30-42(37)49(48)54(39-21-8-3-9-22-39)45-25-14-24-44-43-23-12-13-26-47(43)56-50(44)45/h1-33H. The molecule has 56 heavy (non-hydrogen) atoms. The SMILES string of the molecule is c1ccc(-c2nc3c(N(c4ccccc4)c4cccc5c4sc4ccccc45)c4ccc(N(c5ccccc5)c5ccc6ccccc6c5)cc4cc3o2)cc1. The van der Waals surface area contributed by atoms with Crippen molar-refractivity contribution in [1.82, 2.24) is 4.98 Å². The molecule has 0 atom stereocenters. The largest absolute Gasteiger partial charge is 0.436 e. The topological polar surface area (TPSA) is 32.5 Å². The van der Waals surface area contributed by atoms with Crippen LogP contribution in [0.25, 0.3) is 64.3 Å². The Balaban J connectivity index is 1.20. The zero-order valence-electron chi connectivity index (χ0n) is 30.2. The second-order valence-corrected chi connectivity index (χ2v) is 15.0. The third kappa shape index (κ3) is 5.40. The van der Waals surface area contributed by atoms with Crippen molar-refractivity contribution in [3.63, 3.8) is 0 Å². The van der Waals surface area contributed by atoms with Crippen LogP contribution in [0, 0.1) is 0 Å². The number of hydrogen-bond donors (Lipinski definition) is 0. The van der Waals surface area contributed by atoms with E-state index in [2.05, 4.69) is 192 Å². The molecule has 0 aliphatic carbocycles. The molecule has 11 rings (SSSR count). The fourth-order valence-corrected chi connectivity index (χ4v) is 9.24. The van der Waals surface area contributed by atoms with Crippen molar-refractivity contribution in [2.75, 3.05) is 9.80 Å². The minimum absolute atomic E-state index is 0.590. The van der Waals surface area contributed by atoms with Gasteiger partial charge < -0.3 is 14.2 Å². The van der Waals surface area contributed by atoms with Gasteiger partial charge in [0.05, 0.1) is 16.1 Å². The van der Waals surface area contributed by atoms with Crippen LogP contribution in [0.2, 0.25) is 0 Å². The molecule has 0 amide bonds. The minimum Gasteiger partial charge on any atom is -0.436 e. The maximum atomic E-state index is 6.73. The number of oxazole rings is 1. The summed E-state index contributed by atoms with van der Waals surface area (Å²) < 4.78 is 9.21. The van der Waals surface area contributed by atoms with Crippen LogP contribution >= 0.6 is 11.3 Å². The number of fused-ring (bicyclic) bond motifs is 6. The van der Waals surface area contributed by atoms with Gasteiger partial charge in [0.15, 0.2) is 5.58 Å². The Bertz CT molecular complexity index is 3210. The predicted octanol–water partition coefficient (Wildman–Crippen LogP) is 15.1. The van der Waals surface area contributed by atoms with Crippen LogP contribution in [0.5, 0.6) is 0 Å². The lowest BCUT2D eigenvalue weighted by atomic mass is 10.0. The highest BCUT2D eigenvalue weighted by Gasteiger charge is 2.26. The van der Waals surface area contributed by atoms with Gasteiger partial charge in [0, 0.05) is 49.2 Å². The first-order valence-corrected chi connectivity index (χ1v) is 19.6. The molecule has 4 nitrogen and oxygen atoms in total. The third-order valence-corrected chi connectivity index (χ3v) is 11.8. The number of thiophene rings is 1. The van der Waals surface area contributed by atoms with Crippen LogP contribution in [0.1, 0.15) is 0 Å². The lowest BCUT2D eigenvalue weighted by Crippen LogP contribution is -2.12. The summed E-state index contributed by atoms with van der Waals surface area (Å²) in [4.78, 5) is 10.0. The van der Waals surface area contributed by atoms with E-state index in [0.29, 0.717) is 5.89 Å². The molecule has 2 aromatic heterocycles. The molecule has 0 N–H and O–H groups in total. The van der Waals surface area contributed by atoms with Gasteiger partial charge in [-0.25, -0.2) is 4.98 Å². The highest BCUT2D eigenvalue weighted by atomic mass is 32.1. The van der Waals surface area contributed by atoms with Crippen molar-refractivity contribution in [3.05, 3.63) is 200 Å². The molecule has 2 heterocycles. The van der Waals surface area contributed by atoms with Crippen LogP contribution in [0.4, 0.5) is 34.1 Å². The van der Waals surface area contributed by atoms with E-state index in [-0.39, 0.29) is 0 Å². The van der Waals surface area contributed by atoms with Crippen LogP contribution in [-0.2, 0) is 0 Å². The first-order chi connectivity index (χ1) is 27.8. The van der Waals surface area contributed by atoms with Crippen molar-refractivity contribution in [2.24, 2.45) is 0 Å². The summed E-state index contributed by atoms with van der Waals surface area (Å²) in [7, 11) is 0. The number of anilines is 6. The average Bonchev–Trinajstić information content (AvgIpc) is 3.87. The lowest BCUT2D eigenvalue weighted by Gasteiger charge is -2.29. The van der Waals surface area contributed by atoms with Crippen LogP contribution in [-0.4, -0.2) is 4.98 Å². The lowest BCUT2D eigenvalue weighted by molar-refractivity contribution is 0.620. The molecule has 11 aromatic rings. The molecule has 0 aliphatic rings. The van der Waals surface area contributed by atoms with E-state index in [4.69, 9.17) is 9.40 Å². The van der Waals surface area contributed by atoms with Crippen LogP contribution in [0.15, 0.2) is 205 Å². The molecule has 0 aliphatic heterocycles. The molecule has 9 aromatic carbocycles. The summed E-state index contributed by atoms with van der Waals surface area (Å²) in [6, 6.07) is 70.9. The van der Waals surface area contributed by atoms with E-state index < -0.39 is 0 Å². The Morgan fingerprint density at radius 2 is 1.05 bits per heavy atom. The molecule has 0 radical (unpaired) electrons. The first-order valence-electron chi connectivity index (χ1n) is 18.8. The number of aromatic nitrogens is 1. The van der Waals surface area contributed by atoms with E-state index in [1.54, 1.807) is 0 Å². The molecule has 0 saturated carbocycles. The fourth-order valence-electron chi connectivity index (χ4n) is 8.04. The zero-order chi connectivity index (χ0) is 37.0. The van der Waals surface area contributed by atoms with E-state index in [0.717, 1.165) is 61.6 Å². The molecule has 0 saturated heterocycles. The summed E-state index contributed by atoms with van der Waals surface area (Å²) in [6.07, 6.45) is 0. The Morgan fingerprint density at radius 3 is 1.84 bits per heavy atom. The third-order valence-electron chi connectivity index (χ3n) is 10.6. The summed E-state index contributed by atoms with van der Waals surface area (Å²) in [5.74, 6) is 0.590. The number of rotatable bonds is 7. The Labute approximate surface area is 327 Å². The highest BCUT2D eigenvalue weighted by Crippen LogP contribution is 2.50. The number of benzene rings is 9. The van der Waals surface area contributed by atoms with Crippen LogP contribution < -0.4 is 9.80 Å². The molecule has 5 heteroatoms. The van der Waals surface area contributed by atoms with Crippen molar-refractivity contribution >= 4 is 98.3 Å². The van der Waals surface area contributed by atoms with E-state index in [1.807, 2.05) is 29.5 Å². The normalized spacial score (nSPS) is 11.6. The monoisotopic (exact) mass is 735 g/mol. The van der Waals surface area contributed by atoms with Gasteiger partial charge in [-0.05, 0) is 95.0 Å². The van der Waals surface area contributed by atoms with Gasteiger partial charge in [-0.2, -0.15) is 0 Å². The maximum absolute atomic E-state index is 6.73. The molecular weight excluding hydrogens is 703 g/mol. The predicted molar refractivity (Wildman–Crippen MR) is 237 cm³/mol. The smallest absolute Gasteiger partial charge is 0.227 e. The Hall–Kier alpha value is -7.21. The van der Waals surface area contributed by atoms with Gasteiger partial charge in [-0.15, -0.1) is 11.3 Å². The van der Waals surface area contributed by atoms with Gasteiger partial charge in [-0.1, -0.05) is 121 Å². The fraction of sp³-hybridized carbons (Fsp3) is 0. The molecule has 0 fully saturated rings. The van der Waals surface area contributed by atoms with Gasteiger partial charge in [0.2, 0.25) is 5.89 Å². The molecule has 0 spiro atoms. The first kappa shape index (κ1) is 32.2. The molecule has 0 bridgehead atoms. The molecular formula is C51H33N3OS. The minimum atomic E-state index is 0.590. The Morgan fingerprint density at radius 1 is 0.429 bits per heavy atom. The maximum Gasteiger partial charge on any atom is 0.227 e. The number of nitrogens with zero attached hydrogens (tertiary/aromatic N) is 3. The summed E-state index contributed by atoms with van der Waals surface area (Å²) >= 11 is 1.83. The van der Waals surface area contributed by atoms with Crippen molar-refractivity contribution in [3.8, 4) is 11.5 Å². The van der Waals surface area contributed by atoms with E-state index in [9.17, 15) is 0 Å². The Kier molecular flexibility index (Phi) is 7.64. The average molecular weight is 736 g/mol. The quantitative estimate of drug-likeness (QED) is 0.163. The van der Waals surface area contributed by atoms with Crippen molar-refractivity contribution in [2.45, 2.75) is 0 Å². The van der Waals surface area contributed by atoms with Crippen molar-refractivity contribution in [1.29, 1.82) is 0 Å². The zero-order valence-corrected chi connectivity index (χ0v) is 31.0. The van der Waals surface area contributed by atoms with Gasteiger partial charge in [-0.3, -0.25) is 0 Å². The van der Waals surface area contributed by atoms with Gasteiger partial charge >= 0.3 is 0 Å². The second kappa shape index (κ2) is 13.3. The summed E-state index contributed by atoms with van der Waals surface area (Å²) in [5.41, 5.74) is 8.80. The van der Waals surface area contributed by atoms with Crippen LogP contribution in [0.3, 0.4) is 0 Å². The summed E-state index contributed by atoms with van der Waals surface area (Å²) in [5, 5.41) is 7.03. The van der Waals surface area contributed by atoms with Gasteiger partial charge in [0.1, 0.15) is 5.52 Å². The second-order valence-electron chi connectivity index (χ2n) is 14.0. The molecule has 0 unspecified atom stereocenters.